The molecule has 0 aliphatic carbocycles. The van der Waals surface area contributed by atoms with Gasteiger partial charge in [0.25, 0.3) is 9.04 Å². The molecular weight excluding hydrogens is 158 g/mol. The predicted molar refractivity (Wildman–Crippen MR) is 47.4 cm³/mol. The van der Waals surface area contributed by atoms with Crippen molar-refractivity contribution in [3.8, 4) is 0 Å². The molecule has 4 heteroatoms. The van der Waals surface area contributed by atoms with Gasteiger partial charge in [0.15, 0.2) is 0 Å². The Morgan fingerprint density at radius 2 is 2.18 bits per heavy atom. The Balaban J connectivity index is 3.82. The Kier molecular flexibility index (Phi) is 6.16. The Morgan fingerprint density at radius 3 is 2.55 bits per heavy atom. The summed E-state index contributed by atoms with van der Waals surface area (Å²) in [6.45, 7) is 6.72. The smallest absolute Gasteiger partial charge is 0.262 e. The quantitative estimate of drug-likeness (QED) is 0.299. The van der Waals surface area contributed by atoms with Crippen molar-refractivity contribution < 1.29 is 9.63 Å². The van der Waals surface area contributed by atoms with E-state index >= 15 is 0 Å². The van der Waals surface area contributed by atoms with Gasteiger partial charge in [-0.2, -0.15) is 0 Å². The van der Waals surface area contributed by atoms with Crippen LogP contribution < -0.4 is 0 Å². The van der Waals surface area contributed by atoms with E-state index in [1.165, 1.54) is 0 Å². The maximum absolute atomic E-state index is 8.59. The Morgan fingerprint density at radius 1 is 1.55 bits per heavy atom. The zero-order valence-electron chi connectivity index (χ0n) is 7.42. The van der Waals surface area contributed by atoms with Crippen molar-refractivity contribution in [2.24, 2.45) is 5.16 Å². The molecule has 0 heterocycles. The normalized spacial score (nSPS) is 12.5. The number of hydrogen-bond donors (Lipinski definition) is 1. The van der Waals surface area contributed by atoms with Gasteiger partial charge < -0.3 is 9.63 Å². The topological polar surface area (TPSA) is 41.8 Å². The van der Waals surface area contributed by atoms with E-state index in [0.29, 0.717) is 6.61 Å². The first kappa shape index (κ1) is 10.6. The second-order valence-electron chi connectivity index (χ2n) is 2.29. The number of oxime groups is 1. The lowest BCUT2D eigenvalue weighted by molar-refractivity contribution is 0.314. The van der Waals surface area contributed by atoms with Crippen LogP contribution in [-0.2, 0) is 4.43 Å². The molecule has 0 amide bonds. The first-order valence-electron chi connectivity index (χ1n) is 3.93. The van der Waals surface area contributed by atoms with Crippen LogP contribution in [0.1, 0.15) is 26.7 Å². The lowest BCUT2D eigenvalue weighted by Crippen LogP contribution is -2.26. The SMILES string of the molecule is CCCC(=NO)[Si](C)OCC. The highest BCUT2D eigenvalue weighted by Gasteiger charge is 2.13. The number of nitrogens with zero attached hydrogens (tertiary/aromatic N) is 1. The van der Waals surface area contributed by atoms with Gasteiger partial charge >= 0.3 is 0 Å². The van der Waals surface area contributed by atoms with Crippen LogP contribution in [0.25, 0.3) is 0 Å². The van der Waals surface area contributed by atoms with E-state index in [4.69, 9.17) is 9.63 Å². The molecule has 1 radical (unpaired) electrons. The van der Waals surface area contributed by atoms with E-state index in [9.17, 15) is 0 Å². The first-order valence-corrected chi connectivity index (χ1v) is 5.84. The summed E-state index contributed by atoms with van der Waals surface area (Å²) < 4.78 is 5.36. The molecule has 0 aromatic rings. The van der Waals surface area contributed by atoms with Gasteiger partial charge in [0.05, 0.1) is 5.33 Å². The standard InChI is InChI=1S/C7H16NO2Si/c1-4-6-7(8-9)11(3)10-5-2/h9H,4-6H2,1-3H3. The summed E-state index contributed by atoms with van der Waals surface area (Å²) in [7, 11) is -0.992. The molecule has 0 aromatic carbocycles. The van der Waals surface area contributed by atoms with Crippen LogP contribution in [0.15, 0.2) is 5.16 Å². The van der Waals surface area contributed by atoms with E-state index in [-0.39, 0.29) is 0 Å². The van der Waals surface area contributed by atoms with Crippen molar-refractivity contribution in [3.63, 3.8) is 0 Å². The lowest BCUT2D eigenvalue weighted by Gasteiger charge is -2.08. The summed E-state index contributed by atoms with van der Waals surface area (Å²) in [4.78, 5) is 0. The highest BCUT2D eigenvalue weighted by Crippen LogP contribution is 1.98. The van der Waals surface area contributed by atoms with Gasteiger partial charge in [0, 0.05) is 6.61 Å². The van der Waals surface area contributed by atoms with Gasteiger partial charge in [-0.05, 0) is 19.9 Å². The fourth-order valence-electron chi connectivity index (χ4n) is 0.833. The zero-order valence-corrected chi connectivity index (χ0v) is 8.42. The van der Waals surface area contributed by atoms with Crippen molar-refractivity contribution in [2.75, 3.05) is 6.61 Å². The second-order valence-corrected chi connectivity index (χ2v) is 4.26. The molecule has 1 N–H and O–H groups in total. The monoisotopic (exact) mass is 174 g/mol. The van der Waals surface area contributed by atoms with E-state index in [1.807, 2.05) is 13.5 Å². The van der Waals surface area contributed by atoms with Crippen LogP contribution in [-0.4, -0.2) is 26.2 Å². The van der Waals surface area contributed by atoms with Crippen LogP contribution in [0.5, 0.6) is 0 Å². The molecule has 0 saturated heterocycles. The van der Waals surface area contributed by atoms with Gasteiger partial charge in [-0.15, -0.1) is 5.16 Å². The average molecular weight is 174 g/mol. The summed E-state index contributed by atoms with van der Waals surface area (Å²) in [5, 5.41) is 12.7. The van der Waals surface area contributed by atoms with Crippen LogP contribution in [0, 0.1) is 0 Å². The highest BCUT2D eigenvalue weighted by molar-refractivity contribution is 6.85. The molecule has 0 atom stereocenters. The van der Waals surface area contributed by atoms with E-state index in [1.54, 1.807) is 0 Å². The van der Waals surface area contributed by atoms with Gasteiger partial charge in [0.2, 0.25) is 0 Å². The minimum Gasteiger partial charge on any atom is -0.411 e. The van der Waals surface area contributed by atoms with E-state index in [0.717, 1.165) is 18.2 Å². The summed E-state index contributed by atoms with van der Waals surface area (Å²) >= 11 is 0. The second kappa shape index (κ2) is 6.36. The summed E-state index contributed by atoms with van der Waals surface area (Å²) in [5.41, 5.74) is 0. The van der Waals surface area contributed by atoms with Crippen molar-refractivity contribution >= 4 is 14.4 Å². The fourth-order valence-corrected chi connectivity index (χ4v) is 2.18. The van der Waals surface area contributed by atoms with Gasteiger partial charge in [-0.25, -0.2) is 0 Å². The van der Waals surface area contributed by atoms with Crippen molar-refractivity contribution in [1.29, 1.82) is 0 Å². The first-order chi connectivity index (χ1) is 5.26. The largest absolute Gasteiger partial charge is 0.411 e. The summed E-state index contributed by atoms with van der Waals surface area (Å²) in [6.07, 6.45) is 1.86. The molecule has 0 unspecified atom stereocenters. The highest BCUT2D eigenvalue weighted by atomic mass is 28.3. The van der Waals surface area contributed by atoms with Crippen molar-refractivity contribution in [2.45, 2.75) is 33.2 Å². The average Bonchev–Trinajstić information content (AvgIpc) is 2.00. The van der Waals surface area contributed by atoms with Crippen LogP contribution in [0.2, 0.25) is 6.55 Å². The third kappa shape index (κ3) is 4.16. The van der Waals surface area contributed by atoms with Crippen molar-refractivity contribution in [3.05, 3.63) is 0 Å². The molecular formula is C7H16NO2Si. The molecule has 0 aromatic heterocycles. The lowest BCUT2D eigenvalue weighted by atomic mass is 10.4. The zero-order chi connectivity index (χ0) is 8.69. The van der Waals surface area contributed by atoms with E-state index in [2.05, 4.69) is 12.1 Å². The Bertz CT molecular complexity index is 128. The number of rotatable bonds is 5. The van der Waals surface area contributed by atoms with Gasteiger partial charge in [-0.3, -0.25) is 0 Å². The van der Waals surface area contributed by atoms with Gasteiger partial charge in [0.1, 0.15) is 0 Å². The fraction of sp³-hybridized carbons (Fsp3) is 0.857. The molecule has 3 nitrogen and oxygen atoms in total. The molecule has 0 aliphatic heterocycles. The van der Waals surface area contributed by atoms with Gasteiger partial charge in [-0.1, -0.05) is 13.3 Å². The molecule has 0 saturated carbocycles. The minimum absolute atomic E-state index is 0.702. The molecule has 11 heavy (non-hydrogen) atoms. The molecule has 0 bridgehead atoms. The Labute approximate surface area is 69.8 Å². The summed E-state index contributed by atoms with van der Waals surface area (Å²) in [6, 6.07) is 0. The maximum atomic E-state index is 8.59. The van der Waals surface area contributed by atoms with Crippen LogP contribution in [0.3, 0.4) is 0 Å². The molecule has 0 aliphatic rings. The molecule has 0 spiro atoms. The Hall–Kier alpha value is -0.353. The predicted octanol–water partition coefficient (Wildman–Crippen LogP) is 1.81. The minimum atomic E-state index is -0.992. The third-order valence-electron chi connectivity index (χ3n) is 1.37. The van der Waals surface area contributed by atoms with Crippen molar-refractivity contribution in [1.82, 2.24) is 0 Å². The molecule has 65 valence electrons. The third-order valence-corrected chi connectivity index (χ3v) is 3.26. The maximum Gasteiger partial charge on any atom is 0.262 e. The van der Waals surface area contributed by atoms with Crippen LogP contribution in [0.4, 0.5) is 0 Å². The number of hydrogen-bond acceptors (Lipinski definition) is 3. The molecule has 0 fully saturated rings. The summed E-state index contributed by atoms with van der Waals surface area (Å²) in [5.74, 6) is 0. The van der Waals surface area contributed by atoms with E-state index < -0.39 is 9.04 Å². The van der Waals surface area contributed by atoms with Crippen LogP contribution >= 0.6 is 0 Å². The molecule has 0 rings (SSSR count).